The van der Waals surface area contributed by atoms with E-state index in [4.69, 9.17) is 5.73 Å². The van der Waals surface area contributed by atoms with E-state index in [1.54, 1.807) is 4.68 Å². The largest absolute Gasteiger partial charge is 0.363 e. The van der Waals surface area contributed by atoms with Crippen LogP contribution in [0.2, 0.25) is 0 Å². The predicted octanol–water partition coefficient (Wildman–Crippen LogP) is 2.65. The molecule has 0 fully saturated rings. The van der Waals surface area contributed by atoms with Crippen LogP contribution >= 0.6 is 0 Å². The van der Waals surface area contributed by atoms with Gasteiger partial charge in [0.15, 0.2) is 5.82 Å². The highest BCUT2D eigenvalue weighted by Gasteiger charge is 2.17. The van der Waals surface area contributed by atoms with Crippen LogP contribution in [0, 0.1) is 13.8 Å². The number of amides is 1. The van der Waals surface area contributed by atoms with Crippen molar-refractivity contribution in [1.29, 1.82) is 0 Å². The van der Waals surface area contributed by atoms with E-state index in [1.807, 2.05) is 62.4 Å². The highest BCUT2D eigenvalue weighted by atomic mass is 16.1. The zero-order valence-corrected chi connectivity index (χ0v) is 12.4. The highest BCUT2D eigenvalue weighted by Crippen LogP contribution is 2.23. The summed E-state index contributed by atoms with van der Waals surface area (Å²) in [5.41, 5.74) is 9.26. The Balaban J connectivity index is 2.25. The van der Waals surface area contributed by atoms with Gasteiger partial charge in [-0.2, -0.15) is 0 Å². The van der Waals surface area contributed by atoms with E-state index < -0.39 is 5.91 Å². The Kier molecular flexibility index (Phi) is 3.47. The minimum atomic E-state index is -0.638. The van der Waals surface area contributed by atoms with Gasteiger partial charge in [-0.15, -0.1) is 5.10 Å². The quantitative estimate of drug-likeness (QED) is 0.806. The van der Waals surface area contributed by atoms with Gasteiger partial charge in [-0.1, -0.05) is 42.0 Å². The zero-order chi connectivity index (χ0) is 15.7. The van der Waals surface area contributed by atoms with Crippen molar-refractivity contribution in [2.45, 2.75) is 13.8 Å². The third-order valence-electron chi connectivity index (χ3n) is 3.45. The molecule has 0 atom stereocenters. The van der Waals surface area contributed by atoms with Crippen LogP contribution in [0.1, 0.15) is 21.7 Å². The second-order valence-corrected chi connectivity index (χ2v) is 5.19. The summed E-state index contributed by atoms with van der Waals surface area (Å²) < 4.78 is 1.67. The van der Waals surface area contributed by atoms with Gasteiger partial charge in [0, 0.05) is 5.56 Å². The summed E-state index contributed by atoms with van der Waals surface area (Å²) in [5.74, 6) is -0.0206. The molecule has 1 aromatic heterocycles. The number of aryl methyl sites for hydroxylation is 2. The monoisotopic (exact) mass is 292 g/mol. The summed E-state index contributed by atoms with van der Waals surface area (Å²) in [4.78, 5) is 15.8. The number of para-hydroxylation sites is 1. The fraction of sp³-hybridized carbons (Fsp3) is 0.118. The van der Waals surface area contributed by atoms with Gasteiger partial charge in [0.1, 0.15) is 0 Å². The molecule has 22 heavy (non-hydrogen) atoms. The molecular formula is C17H16N4O. The first-order valence-corrected chi connectivity index (χ1v) is 6.96. The normalized spacial score (nSPS) is 10.6. The van der Waals surface area contributed by atoms with Gasteiger partial charge < -0.3 is 5.73 Å². The number of carbonyl (C=O) groups is 1. The van der Waals surface area contributed by atoms with Crippen molar-refractivity contribution in [1.82, 2.24) is 14.8 Å². The first kappa shape index (κ1) is 14.0. The second kappa shape index (κ2) is 5.44. The van der Waals surface area contributed by atoms with Crippen LogP contribution in [0.25, 0.3) is 17.1 Å². The Morgan fingerprint density at radius 3 is 2.55 bits per heavy atom. The van der Waals surface area contributed by atoms with Gasteiger partial charge in [0.2, 0.25) is 5.82 Å². The van der Waals surface area contributed by atoms with Crippen LogP contribution < -0.4 is 5.73 Å². The first-order chi connectivity index (χ1) is 10.6. The number of benzene rings is 2. The number of hydrogen-bond acceptors (Lipinski definition) is 3. The van der Waals surface area contributed by atoms with Crippen molar-refractivity contribution < 1.29 is 4.79 Å². The summed E-state index contributed by atoms with van der Waals surface area (Å²) in [5, 5.41) is 4.28. The molecule has 5 nitrogen and oxygen atoms in total. The fourth-order valence-electron chi connectivity index (χ4n) is 2.36. The van der Waals surface area contributed by atoms with Crippen molar-refractivity contribution in [3.05, 3.63) is 65.5 Å². The van der Waals surface area contributed by atoms with Crippen LogP contribution in [0.3, 0.4) is 0 Å². The van der Waals surface area contributed by atoms with E-state index in [-0.39, 0.29) is 5.82 Å². The third kappa shape index (κ3) is 2.48. The highest BCUT2D eigenvalue weighted by molar-refractivity contribution is 5.89. The summed E-state index contributed by atoms with van der Waals surface area (Å²) in [6.45, 7) is 3.99. The van der Waals surface area contributed by atoms with Gasteiger partial charge in [-0.3, -0.25) is 4.79 Å². The Labute approximate surface area is 128 Å². The van der Waals surface area contributed by atoms with E-state index in [1.165, 1.54) is 0 Å². The van der Waals surface area contributed by atoms with Crippen LogP contribution in [-0.4, -0.2) is 20.7 Å². The molecule has 1 heterocycles. The number of hydrogen-bond donors (Lipinski definition) is 1. The molecule has 0 aliphatic carbocycles. The SMILES string of the molecule is Cc1cccc(-c2nc(C(N)=O)nn2-c2ccccc2C)c1. The minimum absolute atomic E-state index is 0.0137. The maximum absolute atomic E-state index is 11.5. The van der Waals surface area contributed by atoms with Crippen LogP contribution in [0.5, 0.6) is 0 Å². The Morgan fingerprint density at radius 2 is 1.86 bits per heavy atom. The third-order valence-corrected chi connectivity index (χ3v) is 3.45. The molecule has 0 saturated heterocycles. The molecule has 0 saturated carbocycles. The van der Waals surface area contributed by atoms with Gasteiger partial charge in [0.25, 0.3) is 5.91 Å². The maximum atomic E-state index is 11.5. The molecule has 0 unspecified atom stereocenters. The molecule has 2 aromatic carbocycles. The lowest BCUT2D eigenvalue weighted by atomic mass is 10.1. The molecule has 3 aromatic rings. The lowest BCUT2D eigenvalue weighted by Crippen LogP contribution is -2.13. The molecule has 0 bridgehead atoms. The average Bonchev–Trinajstić information content (AvgIpc) is 2.93. The molecule has 0 aliphatic rings. The molecule has 1 amide bonds. The lowest BCUT2D eigenvalue weighted by molar-refractivity contribution is 0.0990. The number of nitrogens with zero attached hydrogens (tertiary/aromatic N) is 3. The first-order valence-electron chi connectivity index (χ1n) is 6.96. The molecule has 0 aliphatic heterocycles. The van der Waals surface area contributed by atoms with Gasteiger partial charge in [-0.05, 0) is 31.5 Å². The standard InChI is InChI=1S/C17H16N4O/c1-11-6-5-8-13(10-11)17-19-16(15(18)22)20-21(17)14-9-4-3-7-12(14)2/h3-10H,1-2H3,(H2,18,22). The van der Waals surface area contributed by atoms with E-state index in [9.17, 15) is 4.79 Å². The minimum Gasteiger partial charge on any atom is -0.363 e. The number of rotatable bonds is 3. The zero-order valence-electron chi connectivity index (χ0n) is 12.4. The van der Waals surface area contributed by atoms with Crippen molar-refractivity contribution in [3.63, 3.8) is 0 Å². The Hall–Kier alpha value is -2.95. The molecule has 0 radical (unpaired) electrons. The van der Waals surface area contributed by atoms with Gasteiger partial charge in [-0.25, -0.2) is 9.67 Å². The molecule has 5 heteroatoms. The molecular weight excluding hydrogens is 276 g/mol. The van der Waals surface area contributed by atoms with Crippen molar-refractivity contribution in [2.75, 3.05) is 0 Å². The smallest absolute Gasteiger partial charge is 0.288 e. The second-order valence-electron chi connectivity index (χ2n) is 5.19. The summed E-state index contributed by atoms with van der Waals surface area (Å²) in [6, 6.07) is 15.7. The predicted molar refractivity (Wildman–Crippen MR) is 84.8 cm³/mol. The van der Waals surface area contributed by atoms with Gasteiger partial charge >= 0.3 is 0 Å². The Morgan fingerprint density at radius 1 is 1.09 bits per heavy atom. The summed E-state index contributed by atoms with van der Waals surface area (Å²) >= 11 is 0. The average molecular weight is 292 g/mol. The van der Waals surface area contributed by atoms with Crippen LogP contribution in [-0.2, 0) is 0 Å². The van der Waals surface area contributed by atoms with E-state index in [0.29, 0.717) is 5.82 Å². The molecule has 2 N–H and O–H groups in total. The van der Waals surface area contributed by atoms with Crippen LogP contribution in [0.15, 0.2) is 48.5 Å². The number of primary amides is 1. The molecule has 110 valence electrons. The summed E-state index contributed by atoms with van der Waals surface area (Å²) in [6.07, 6.45) is 0. The molecule has 0 spiro atoms. The lowest BCUT2D eigenvalue weighted by Gasteiger charge is -2.09. The van der Waals surface area contributed by atoms with Crippen molar-refractivity contribution in [2.24, 2.45) is 5.73 Å². The van der Waals surface area contributed by atoms with Crippen LogP contribution in [0.4, 0.5) is 0 Å². The van der Waals surface area contributed by atoms with Gasteiger partial charge in [0.05, 0.1) is 5.69 Å². The summed E-state index contributed by atoms with van der Waals surface area (Å²) in [7, 11) is 0. The van der Waals surface area contributed by atoms with E-state index in [0.717, 1.165) is 22.4 Å². The molecule has 3 rings (SSSR count). The maximum Gasteiger partial charge on any atom is 0.288 e. The Bertz CT molecular complexity index is 851. The van der Waals surface area contributed by atoms with Crippen molar-refractivity contribution in [3.8, 4) is 17.1 Å². The van der Waals surface area contributed by atoms with Crippen molar-refractivity contribution >= 4 is 5.91 Å². The number of aromatic nitrogens is 3. The van der Waals surface area contributed by atoms with E-state index >= 15 is 0 Å². The number of carbonyl (C=O) groups excluding carboxylic acids is 1. The topological polar surface area (TPSA) is 73.8 Å². The van der Waals surface area contributed by atoms with E-state index in [2.05, 4.69) is 10.1 Å². The fourth-order valence-corrected chi connectivity index (χ4v) is 2.36. The number of nitrogens with two attached hydrogens (primary N) is 1.